The molecule has 0 aliphatic carbocycles. The zero-order valence-corrected chi connectivity index (χ0v) is 11.3. The van der Waals surface area contributed by atoms with Crippen LogP contribution < -0.4 is 11.1 Å². The lowest BCUT2D eigenvalue weighted by molar-refractivity contribution is -0.117. The smallest absolute Gasteiger partial charge is 0.241 e. The first-order valence-corrected chi connectivity index (χ1v) is 6.18. The lowest BCUT2D eigenvalue weighted by Crippen LogP contribution is -2.32. The van der Waals surface area contributed by atoms with Crippen molar-refractivity contribution in [3.8, 4) is 5.69 Å². The highest BCUT2D eigenvalue weighted by molar-refractivity contribution is 5.95. The molecule has 0 spiro atoms. The molecule has 0 aliphatic heterocycles. The normalized spacial score (nSPS) is 12.2. The van der Waals surface area contributed by atoms with Crippen LogP contribution in [-0.4, -0.2) is 21.7 Å². The number of nitrogens with zero attached hydrogens (tertiary/aromatic N) is 2. The summed E-state index contributed by atoms with van der Waals surface area (Å²) >= 11 is 0. The molecule has 1 atom stereocenters. The monoisotopic (exact) mass is 258 g/mol. The van der Waals surface area contributed by atoms with Crippen LogP contribution in [0.15, 0.2) is 30.3 Å². The van der Waals surface area contributed by atoms with E-state index in [1.165, 1.54) is 0 Å². The van der Waals surface area contributed by atoms with E-state index in [4.69, 9.17) is 5.73 Å². The molecule has 0 fully saturated rings. The van der Waals surface area contributed by atoms with Crippen molar-refractivity contribution in [2.75, 3.05) is 5.32 Å². The van der Waals surface area contributed by atoms with Crippen molar-refractivity contribution in [3.05, 3.63) is 41.7 Å². The van der Waals surface area contributed by atoms with E-state index < -0.39 is 6.04 Å². The third kappa shape index (κ3) is 2.66. The highest BCUT2D eigenvalue weighted by atomic mass is 16.2. The number of para-hydroxylation sites is 1. The number of aromatic nitrogens is 2. The predicted molar refractivity (Wildman–Crippen MR) is 75.3 cm³/mol. The van der Waals surface area contributed by atoms with Crippen LogP contribution in [0.4, 0.5) is 5.69 Å². The second-order valence-electron chi connectivity index (χ2n) is 4.57. The summed E-state index contributed by atoms with van der Waals surface area (Å²) in [6.07, 6.45) is 0. The first-order chi connectivity index (χ1) is 9.00. The first-order valence-electron chi connectivity index (χ1n) is 6.18. The number of hydrogen-bond acceptors (Lipinski definition) is 3. The minimum absolute atomic E-state index is 0.209. The minimum Gasteiger partial charge on any atom is -0.322 e. The number of hydrogen-bond donors (Lipinski definition) is 2. The standard InChI is InChI=1S/C14H18N4O/c1-9(15)14(19)16-13-10(2)17-18(11(13)3)12-7-5-4-6-8-12/h4-9H,15H2,1-3H3,(H,16,19)/t9-/m1/s1. The maximum absolute atomic E-state index is 11.7. The Morgan fingerprint density at radius 2 is 1.95 bits per heavy atom. The summed E-state index contributed by atoms with van der Waals surface area (Å²) in [5.74, 6) is -0.209. The molecule has 5 nitrogen and oxygen atoms in total. The summed E-state index contributed by atoms with van der Waals surface area (Å²) in [5, 5.41) is 7.27. The zero-order valence-electron chi connectivity index (χ0n) is 11.3. The number of aryl methyl sites for hydroxylation is 1. The molecule has 100 valence electrons. The molecule has 2 rings (SSSR count). The molecule has 0 bridgehead atoms. The van der Waals surface area contributed by atoms with Crippen LogP contribution >= 0.6 is 0 Å². The average Bonchev–Trinajstić information content (AvgIpc) is 2.67. The van der Waals surface area contributed by atoms with E-state index >= 15 is 0 Å². The van der Waals surface area contributed by atoms with Crippen LogP contribution in [0.2, 0.25) is 0 Å². The maximum Gasteiger partial charge on any atom is 0.241 e. The summed E-state index contributed by atoms with van der Waals surface area (Å²) < 4.78 is 1.81. The second kappa shape index (κ2) is 5.24. The van der Waals surface area contributed by atoms with Gasteiger partial charge in [-0.15, -0.1) is 0 Å². The Labute approximate surface area is 112 Å². The number of carbonyl (C=O) groups excluding carboxylic acids is 1. The maximum atomic E-state index is 11.7. The van der Waals surface area contributed by atoms with Gasteiger partial charge in [0, 0.05) is 0 Å². The van der Waals surface area contributed by atoms with E-state index in [9.17, 15) is 4.79 Å². The van der Waals surface area contributed by atoms with Crippen LogP contribution in [0.5, 0.6) is 0 Å². The molecule has 0 unspecified atom stereocenters. The molecule has 3 N–H and O–H groups in total. The van der Waals surface area contributed by atoms with E-state index in [1.54, 1.807) is 6.92 Å². The predicted octanol–water partition coefficient (Wildman–Crippen LogP) is 1.77. The number of anilines is 1. The van der Waals surface area contributed by atoms with E-state index in [0.29, 0.717) is 0 Å². The Hall–Kier alpha value is -2.14. The number of amides is 1. The molecule has 1 amide bonds. The quantitative estimate of drug-likeness (QED) is 0.881. The molecule has 1 heterocycles. The van der Waals surface area contributed by atoms with Crippen molar-refractivity contribution in [2.45, 2.75) is 26.8 Å². The molecule has 1 aromatic heterocycles. The number of nitrogens with one attached hydrogen (secondary N) is 1. The molecule has 0 aliphatic rings. The number of carbonyl (C=O) groups is 1. The van der Waals surface area contributed by atoms with Gasteiger partial charge in [0.2, 0.25) is 5.91 Å². The fraction of sp³-hybridized carbons (Fsp3) is 0.286. The van der Waals surface area contributed by atoms with Crippen molar-refractivity contribution >= 4 is 11.6 Å². The van der Waals surface area contributed by atoms with Crippen molar-refractivity contribution in [3.63, 3.8) is 0 Å². The van der Waals surface area contributed by atoms with Gasteiger partial charge in [0.25, 0.3) is 0 Å². The SMILES string of the molecule is Cc1nn(-c2ccccc2)c(C)c1NC(=O)[C@@H](C)N. The molecule has 0 saturated carbocycles. The molecular formula is C14H18N4O. The van der Waals surface area contributed by atoms with Crippen molar-refractivity contribution in [1.82, 2.24) is 9.78 Å². The minimum atomic E-state index is -0.543. The number of rotatable bonds is 3. The van der Waals surface area contributed by atoms with Crippen LogP contribution in [-0.2, 0) is 4.79 Å². The highest BCUT2D eigenvalue weighted by Gasteiger charge is 2.16. The van der Waals surface area contributed by atoms with Crippen molar-refractivity contribution in [2.24, 2.45) is 5.73 Å². The first kappa shape index (κ1) is 13.3. The summed E-state index contributed by atoms with van der Waals surface area (Å²) in [4.78, 5) is 11.7. The topological polar surface area (TPSA) is 72.9 Å². The van der Waals surface area contributed by atoms with Gasteiger partial charge < -0.3 is 11.1 Å². The van der Waals surface area contributed by atoms with Gasteiger partial charge in [0.05, 0.1) is 28.8 Å². The van der Waals surface area contributed by atoms with Crippen molar-refractivity contribution < 1.29 is 4.79 Å². The highest BCUT2D eigenvalue weighted by Crippen LogP contribution is 2.22. The van der Waals surface area contributed by atoms with Gasteiger partial charge in [0.15, 0.2) is 0 Å². The van der Waals surface area contributed by atoms with Gasteiger partial charge in [-0.3, -0.25) is 4.79 Å². The van der Waals surface area contributed by atoms with Crippen LogP contribution in [0, 0.1) is 13.8 Å². The average molecular weight is 258 g/mol. The van der Waals surface area contributed by atoms with Gasteiger partial charge >= 0.3 is 0 Å². The lowest BCUT2D eigenvalue weighted by atomic mass is 10.2. The van der Waals surface area contributed by atoms with Crippen LogP contribution in [0.1, 0.15) is 18.3 Å². The Morgan fingerprint density at radius 1 is 1.32 bits per heavy atom. The molecule has 2 aromatic rings. The number of nitrogens with two attached hydrogens (primary N) is 1. The summed E-state index contributed by atoms with van der Waals surface area (Å²) in [6, 6.07) is 9.25. The number of benzene rings is 1. The molecule has 0 saturated heterocycles. The third-order valence-corrected chi connectivity index (χ3v) is 2.95. The van der Waals surface area contributed by atoms with E-state index in [-0.39, 0.29) is 5.91 Å². The Kier molecular flexibility index (Phi) is 3.66. The van der Waals surface area contributed by atoms with Gasteiger partial charge in [0.1, 0.15) is 0 Å². The molecule has 1 aromatic carbocycles. The van der Waals surface area contributed by atoms with Gasteiger partial charge in [-0.05, 0) is 32.9 Å². The van der Waals surface area contributed by atoms with E-state index in [2.05, 4.69) is 10.4 Å². The Morgan fingerprint density at radius 3 is 2.53 bits per heavy atom. The largest absolute Gasteiger partial charge is 0.322 e. The summed E-state index contributed by atoms with van der Waals surface area (Å²) in [6.45, 7) is 5.44. The molecular weight excluding hydrogens is 240 g/mol. The van der Waals surface area contributed by atoms with Gasteiger partial charge in [-0.25, -0.2) is 4.68 Å². The second-order valence-corrected chi connectivity index (χ2v) is 4.57. The van der Waals surface area contributed by atoms with E-state index in [0.717, 1.165) is 22.8 Å². The Balaban J connectivity index is 2.38. The van der Waals surface area contributed by atoms with Gasteiger partial charge in [-0.2, -0.15) is 5.10 Å². The zero-order chi connectivity index (χ0) is 14.0. The fourth-order valence-electron chi connectivity index (χ4n) is 1.88. The molecule has 5 heteroatoms. The summed E-state index contributed by atoms with van der Waals surface area (Å²) in [7, 11) is 0. The summed E-state index contributed by atoms with van der Waals surface area (Å²) in [5.41, 5.74) is 8.91. The molecule has 19 heavy (non-hydrogen) atoms. The Bertz CT molecular complexity index is 587. The van der Waals surface area contributed by atoms with E-state index in [1.807, 2.05) is 48.9 Å². The van der Waals surface area contributed by atoms with Crippen LogP contribution in [0.25, 0.3) is 5.69 Å². The van der Waals surface area contributed by atoms with Crippen molar-refractivity contribution in [1.29, 1.82) is 0 Å². The molecule has 0 radical (unpaired) electrons. The van der Waals surface area contributed by atoms with Crippen LogP contribution in [0.3, 0.4) is 0 Å². The lowest BCUT2D eigenvalue weighted by Gasteiger charge is -2.08. The third-order valence-electron chi connectivity index (χ3n) is 2.95. The van der Waals surface area contributed by atoms with Gasteiger partial charge in [-0.1, -0.05) is 18.2 Å². The fourth-order valence-corrected chi connectivity index (χ4v) is 1.88.